The summed E-state index contributed by atoms with van der Waals surface area (Å²) in [6.45, 7) is 3.62. The van der Waals surface area contributed by atoms with Crippen molar-refractivity contribution >= 4 is 5.97 Å². The van der Waals surface area contributed by atoms with Gasteiger partial charge in [0.25, 0.3) is 0 Å². The highest BCUT2D eigenvalue weighted by atomic mass is 19.1. The number of carboxylic acid groups (broad SMARTS) is 1. The minimum atomic E-state index is -1.09. The average molecular weight is 242 g/mol. The first-order chi connectivity index (χ1) is 7.93. The van der Waals surface area contributed by atoms with E-state index in [1.807, 2.05) is 13.8 Å². The maximum atomic E-state index is 13.6. The van der Waals surface area contributed by atoms with E-state index in [4.69, 9.17) is 14.6 Å². The first kappa shape index (κ1) is 13.3. The topological polar surface area (TPSA) is 55.8 Å². The molecule has 0 saturated carbocycles. The Hall–Kier alpha value is -1.78. The van der Waals surface area contributed by atoms with E-state index in [-0.39, 0.29) is 23.8 Å². The van der Waals surface area contributed by atoms with Crippen LogP contribution in [0.3, 0.4) is 0 Å². The molecule has 0 aliphatic heterocycles. The third-order valence-corrected chi connectivity index (χ3v) is 2.04. The summed E-state index contributed by atoms with van der Waals surface area (Å²) >= 11 is 0. The van der Waals surface area contributed by atoms with Crippen LogP contribution in [0, 0.1) is 5.82 Å². The highest BCUT2D eigenvalue weighted by Crippen LogP contribution is 2.31. The molecule has 4 nitrogen and oxygen atoms in total. The van der Waals surface area contributed by atoms with E-state index in [0.29, 0.717) is 5.75 Å². The first-order valence-electron chi connectivity index (χ1n) is 5.19. The van der Waals surface area contributed by atoms with Gasteiger partial charge in [-0.25, -0.2) is 4.39 Å². The van der Waals surface area contributed by atoms with Crippen LogP contribution in [0.25, 0.3) is 0 Å². The number of methoxy groups -OCH3 is 1. The Morgan fingerprint density at radius 2 is 2.06 bits per heavy atom. The van der Waals surface area contributed by atoms with Gasteiger partial charge in [-0.05, 0) is 19.9 Å². The number of rotatable bonds is 5. The van der Waals surface area contributed by atoms with Crippen LogP contribution >= 0.6 is 0 Å². The van der Waals surface area contributed by atoms with Gasteiger partial charge >= 0.3 is 5.97 Å². The number of hydrogen-bond donors (Lipinski definition) is 1. The molecule has 94 valence electrons. The van der Waals surface area contributed by atoms with Crippen LogP contribution in [0.15, 0.2) is 12.1 Å². The lowest BCUT2D eigenvalue weighted by molar-refractivity contribution is -0.136. The van der Waals surface area contributed by atoms with E-state index >= 15 is 0 Å². The maximum Gasteiger partial charge on any atom is 0.307 e. The van der Waals surface area contributed by atoms with Gasteiger partial charge < -0.3 is 14.6 Å². The summed E-state index contributed by atoms with van der Waals surface area (Å²) in [5.41, 5.74) is 0.0745. The number of carbonyl (C=O) groups is 1. The molecule has 0 heterocycles. The number of benzene rings is 1. The highest BCUT2D eigenvalue weighted by molar-refractivity contribution is 5.70. The lowest BCUT2D eigenvalue weighted by atomic mass is 10.1. The van der Waals surface area contributed by atoms with Gasteiger partial charge in [0.1, 0.15) is 5.82 Å². The van der Waals surface area contributed by atoms with Crippen molar-refractivity contribution in [1.82, 2.24) is 0 Å². The van der Waals surface area contributed by atoms with Gasteiger partial charge in [-0.3, -0.25) is 4.79 Å². The summed E-state index contributed by atoms with van der Waals surface area (Å²) in [7, 11) is 1.42. The standard InChI is InChI=1S/C12H15FO4/c1-7(2)17-11-6-9(13)8(5-12(14)15)4-10(11)16-3/h4,6-7H,5H2,1-3H3,(H,14,15). The zero-order valence-electron chi connectivity index (χ0n) is 9.99. The van der Waals surface area contributed by atoms with Crippen molar-refractivity contribution in [3.63, 3.8) is 0 Å². The Kier molecular flexibility index (Phi) is 4.31. The van der Waals surface area contributed by atoms with Gasteiger partial charge in [-0.15, -0.1) is 0 Å². The van der Waals surface area contributed by atoms with Crippen molar-refractivity contribution < 1.29 is 23.8 Å². The second kappa shape index (κ2) is 5.52. The van der Waals surface area contributed by atoms with Crippen LogP contribution in [-0.4, -0.2) is 24.3 Å². The van der Waals surface area contributed by atoms with Crippen molar-refractivity contribution in [2.24, 2.45) is 0 Å². The molecule has 1 aromatic carbocycles. The van der Waals surface area contributed by atoms with Crippen molar-refractivity contribution in [2.75, 3.05) is 7.11 Å². The Bertz CT molecular complexity index is 415. The summed E-state index contributed by atoms with van der Waals surface area (Å²) in [5.74, 6) is -1.10. The summed E-state index contributed by atoms with van der Waals surface area (Å²) in [6.07, 6.45) is -0.502. The van der Waals surface area contributed by atoms with Gasteiger partial charge in [0, 0.05) is 11.6 Å². The Morgan fingerprint density at radius 1 is 1.41 bits per heavy atom. The minimum absolute atomic E-state index is 0.0745. The van der Waals surface area contributed by atoms with Gasteiger partial charge in [0.15, 0.2) is 11.5 Å². The molecule has 1 N–H and O–H groups in total. The molecule has 1 rings (SSSR count). The third-order valence-electron chi connectivity index (χ3n) is 2.04. The normalized spacial score (nSPS) is 10.4. The zero-order valence-corrected chi connectivity index (χ0v) is 9.99. The molecule has 0 aliphatic rings. The predicted molar refractivity (Wildman–Crippen MR) is 60.1 cm³/mol. The third kappa shape index (κ3) is 3.62. The van der Waals surface area contributed by atoms with E-state index < -0.39 is 11.8 Å². The predicted octanol–water partition coefficient (Wildman–Crippen LogP) is 2.25. The summed E-state index contributed by atoms with van der Waals surface area (Å²) < 4.78 is 24.0. The van der Waals surface area contributed by atoms with Crippen LogP contribution in [0.4, 0.5) is 4.39 Å². The van der Waals surface area contributed by atoms with E-state index in [1.54, 1.807) is 0 Å². The average Bonchev–Trinajstić information content (AvgIpc) is 2.20. The lowest BCUT2D eigenvalue weighted by Crippen LogP contribution is -2.09. The van der Waals surface area contributed by atoms with E-state index in [9.17, 15) is 9.18 Å². The summed E-state index contributed by atoms with van der Waals surface area (Å²) in [5, 5.41) is 8.63. The van der Waals surface area contributed by atoms with Crippen LogP contribution < -0.4 is 9.47 Å². The van der Waals surface area contributed by atoms with E-state index in [2.05, 4.69) is 0 Å². The van der Waals surface area contributed by atoms with Crippen molar-refractivity contribution in [3.8, 4) is 11.5 Å². The molecule has 0 bridgehead atoms. The highest BCUT2D eigenvalue weighted by Gasteiger charge is 2.14. The first-order valence-corrected chi connectivity index (χ1v) is 5.19. The number of ether oxygens (including phenoxy) is 2. The Morgan fingerprint density at radius 3 is 2.53 bits per heavy atom. The van der Waals surface area contributed by atoms with Crippen molar-refractivity contribution in [2.45, 2.75) is 26.4 Å². The minimum Gasteiger partial charge on any atom is -0.493 e. The molecule has 0 fully saturated rings. The summed E-state index contributed by atoms with van der Waals surface area (Å²) in [4.78, 5) is 10.5. The van der Waals surface area contributed by atoms with Crippen molar-refractivity contribution in [3.05, 3.63) is 23.5 Å². The van der Waals surface area contributed by atoms with E-state index in [0.717, 1.165) is 6.07 Å². The molecular formula is C12H15FO4. The smallest absolute Gasteiger partial charge is 0.307 e. The van der Waals surface area contributed by atoms with E-state index in [1.165, 1.54) is 13.2 Å². The maximum absolute atomic E-state index is 13.6. The van der Waals surface area contributed by atoms with Gasteiger partial charge in [-0.2, -0.15) is 0 Å². The molecule has 5 heteroatoms. The zero-order chi connectivity index (χ0) is 13.0. The molecular weight excluding hydrogens is 227 g/mol. The monoisotopic (exact) mass is 242 g/mol. The largest absolute Gasteiger partial charge is 0.493 e. The number of aliphatic carboxylic acids is 1. The molecule has 0 atom stereocenters. The molecule has 0 radical (unpaired) electrons. The van der Waals surface area contributed by atoms with Crippen LogP contribution in [-0.2, 0) is 11.2 Å². The van der Waals surface area contributed by atoms with Gasteiger partial charge in [0.05, 0.1) is 19.6 Å². The van der Waals surface area contributed by atoms with Gasteiger partial charge in [0.2, 0.25) is 0 Å². The Balaban J connectivity index is 3.10. The molecule has 0 spiro atoms. The number of carboxylic acids is 1. The Labute approximate surface area is 99.0 Å². The lowest BCUT2D eigenvalue weighted by Gasteiger charge is -2.14. The molecule has 0 aliphatic carbocycles. The van der Waals surface area contributed by atoms with Crippen LogP contribution in [0.5, 0.6) is 11.5 Å². The quantitative estimate of drug-likeness (QED) is 0.860. The number of halogens is 1. The second-order valence-corrected chi connectivity index (χ2v) is 3.83. The van der Waals surface area contributed by atoms with Crippen LogP contribution in [0.2, 0.25) is 0 Å². The van der Waals surface area contributed by atoms with Crippen LogP contribution in [0.1, 0.15) is 19.4 Å². The SMILES string of the molecule is COc1cc(CC(=O)O)c(F)cc1OC(C)C. The van der Waals surface area contributed by atoms with Crippen molar-refractivity contribution in [1.29, 1.82) is 0 Å². The molecule has 17 heavy (non-hydrogen) atoms. The second-order valence-electron chi connectivity index (χ2n) is 3.83. The fourth-order valence-corrected chi connectivity index (χ4v) is 1.38. The molecule has 0 amide bonds. The molecule has 1 aromatic rings. The molecule has 0 aromatic heterocycles. The molecule has 0 unspecified atom stereocenters. The fourth-order valence-electron chi connectivity index (χ4n) is 1.38. The summed E-state index contributed by atoms with van der Waals surface area (Å²) in [6, 6.07) is 2.50. The fraction of sp³-hybridized carbons (Fsp3) is 0.417. The molecule has 0 saturated heterocycles. The van der Waals surface area contributed by atoms with Gasteiger partial charge in [-0.1, -0.05) is 0 Å². The number of hydrogen-bond acceptors (Lipinski definition) is 3.